The summed E-state index contributed by atoms with van der Waals surface area (Å²) < 4.78 is 0. The Morgan fingerprint density at radius 1 is 1.38 bits per heavy atom. The molecule has 0 bridgehead atoms. The Labute approximate surface area is 124 Å². The standard InChI is InChI=1S/C14H13N3O3S/c15-11-3-1-2-10(13(11)17(19)20)14(18)16-6-4-12-9(8-16)5-7-21-12/h1-3,5,7H,4,6,8,15H2. The lowest BCUT2D eigenvalue weighted by Crippen LogP contribution is -2.35. The Bertz CT molecular complexity index is 726. The molecule has 108 valence electrons. The normalized spacial score (nSPS) is 13.8. The number of rotatable bonds is 2. The lowest BCUT2D eigenvalue weighted by molar-refractivity contribution is -0.384. The van der Waals surface area contributed by atoms with Crippen molar-refractivity contribution in [1.29, 1.82) is 0 Å². The first-order valence-electron chi connectivity index (χ1n) is 6.45. The van der Waals surface area contributed by atoms with Crippen LogP contribution in [0.5, 0.6) is 0 Å². The first-order chi connectivity index (χ1) is 10.1. The topological polar surface area (TPSA) is 89.5 Å². The number of hydrogen-bond donors (Lipinski definition) is 1. The number of carbonyl (C=O) groups excluding carboxylic acids is 1. The summed E-state index contributed by atoms with van der Waals surface area (Å²) in [6.45, 7) is 1.06. The number of thiophene rings is 1. The van der Waals surface area contributed by atoms with E-state index < -0.39 is 4.92 Å². The number of amides is 1. The van der Waals surface area contributed by atoms with Gasteiger partial charge in [0.1, 0.15) is 11.3 Å². The van der Waals surface area contributed by atoms with E-state index in [2.05, 4.69) is 0 Å². The summed E-state index contributed by atoms with van der Waals surface area (Å²) >= 11 is 1.68. The Kier molecular flexibility index (Phi) is 3.34. The second-order valence-electron chi connectivity index (χ2n) is 4.85. The van der Waals surface area contributed by atoms with E-state index in [0.29, 0.717) is 13.1 Å². The first kappa shape index (κ1) is 13.6. The fourth-order valence-corrected chi connectivity index (χ4v) is 3.42. The molecule has 7 heteroatoms. The van der Waals surface area contributed by atoms with Crippen LogP contribution in [0.3, 0.4) is 0 Å². The van der Waals surface area contributed by atoms with Gasteiger partial charge in [-0.25, -0.2) is 0 Å². The molecule has 0 radical (unpaired) electrons. The van der Waals surface area contributed by atoms with E-state index >= 15 is 0 Å². The Hall–Kier alpha value is -2.41. The number of nitro groups is 1. The molecular weight excluding hydrogens is 290 g/mol. The van der Waals surface area contributed by atoms with Gasteiger partial charge in [0.2, 0.25) is 0 Å². The van der Waals surface area contributed by atoms with Gasteiger partial charge >= 0.3 is 5.69 Å². The number of nitrogens with zero attached hydrogens (tertiary/aromatic N) is 2. The van der Waals surface area contributed by atoms with Crippen molar-refractivity contribution >= 4 is 28.6 Å². The molecule has 0 spiro atoms. The van der Waals surface area contributed by atoms with Crippen LogP contribution in [0, 0.1) is 10.1 Å². The van der Waals surface area contributed by atoms with Gasteiger partial charge in [-0.1, -0.05) is 6.07 Å². The maximum Gasteiger partial charge on any atom is 0.304 e. The molecule has 0 fully saturated rings. The molecule has 1 aromatic carbocycles. The summed E-state index contributed by atoms with van der Waals surface area (Å²) in [4.78, 5) is 26.0. The molecule has 1 amide bonds. The van der Waals surface area contributed by atoms with Gasteiger partial charge in [-0.05, 0) is 35.6 Å². The van der Waals surface area contributed by atoms with Crippen molar-refractivity contribution in [2.24, 2.45) is 0 Å². The minimum Gasteiger partial charge on any atom is -0.393 e. The average Bonchev–Trinajstić information content (AvgIpc) is 2.93. The molecule has 1 aliphatic rings. The molecule has 0 unspecified atom stereocenters. The zero-order chi connectivity index (χ0) is 15.0. The average molecular weight is 303 g/mol. The molecule has 1 aromatic heterocycles. The Morgan fingerprint density at radius 3 is 2.95 bits per heavy atom. The third-order valence-corrected chi connectivity index (χ3v) is 4.60. The van der Waals surface area contributed by atoms with Crippen LogP contribution in [0.1, 0.15) is 20.8 Å². The van der Waals surface area contributed by atoms with Gasteiger partial charge in [-0.2, -0.15) is 0 Å². The van der Waals surface area contributed by atoms with Gasteiger partial charge in [-0.3, -0.25) is 14.9 Å². The van der Waals surface area contributed by atoms with Crippen molar-refractivity contribution in [3.8, 4) is 0 Å². The largest absolute Gasteiger partial charge is 0.393 e. The van der Waals surface area contributed by atoms with Crippen LogP contribution < -0.4 is 5.73 Å². The maximum absolute atomic E-state index is 12.6. The highest BCUT2D eigenvalue weighted by Crippen LogP contribution is 2.30. The van der Waals surface area contributed by atoms with E-state index in [1.807, 2.05) is 11.4 Å². The van der Waals surface area contributed by atoms with Crippen molar-refractivity contribution in [1.82, 2.24) is 4.90 Å². The number of nitrogens with two attached hydrogens (primary N) is 1. The van der Waals surface area contributed by atoms with Crippen molar-refractivity contribution in [3.05, 3.63) is 55.8 Å². The van der Waals surface area contributed by atoms with E-state index in [4.69, 9.17) is 5.73 Å². The number of para-hydroxylation sites is 1. The summed E-state index contributed by atoms with van der Waals surface area (Å²) in [5, 5.41) is 13.1. The quantitative estimate of drug-likeness (QED) is 0.524. The SMILES string of the molecule is Nc1cccc(C(=O)N2CCc3sccc3C2)c1[N+](=O)[O-]. The van der Waals surface area contributed by atoms with E-state index in [1.54, 1.807) is 22.3 Å². The molecule has 2 aromatic rings. The molecule has 1 aliphatic heterocycles. The van der Waals surface area contributed by atoms with Gasteiger partial charge in [-0.15, -0.1) is 11.3 Å². The monoisotopic (exact) mass is 303 g/mol. The molecule has 3 rings (SSSR count). The number of benzene rings is 1. The van der Waals surface area contributed by atoms with Crippen molar-refractivity contribution < 1.29 is 9.72 Å². The Balaban J connectivity index is 1.94. The number of fused-ring (bicyclic) bond motifs is 1. The number of nitrogen functional groups attached to an aromatic ring is 1. The number of hydrogen-bond acceptors (Lipinski definition) is 5. The molecule has 6 nitrogen and oxygen atoms in total. The Morgan fingerprint density at radius 2 is 2.19 bits per heavy atom. The molecular formula is C14H13N3O3S. The highest BCUT2D eigenvalue weighted by molar-refractivity contribution is 7.10. The third-order valence-electron chi connectivity index (χ3n) is 3.58. The highest BCUT2D eigenvalue weighted by atomic mass is 32.1. The van der Waals surface area contributed by atoms with E-state index in [0.717, 1.165) is 12.0 Å². The minimum absolute atomic E-state index is 0.0130. The molecule has 0 saturated carbocycles. The van der Waals surface area contributed by atoms with E-state index in [-0.39, 0.29) is 22.8 Å². The molecule has 0 saturated heterocycles. The van der Waals surface area contributed by atoms with Crippen LogP contribution in [0.15, 0.2) is 29.6 Å². The predicted octanol–water partition coefficient (Wildman–Crippen LogP) is 2.44. The highest BCUT2D eigenvalue weighted by Gasteiger charge is 2.29. The van der Waals surface area contributed by atoms with Crippen LogP contribution in [-0.4, -0.2) is 22.3 Å². The van der Waals surface area contributed by atoms with E-state index in [1.165, 1.54) is 17.0 Å². The number of nitro benzene ring substituents is 1. The third kappa shape index (κ3) is 2.36. The molecule has 0 aliphatic carbocycles. The summed E-state index contributed by atoms with van der Waals surface area (Å²) in [6.07, 6.45) is 0.787. The van der Waals surface area contributed by atoms with Gasteiger partial charge < -0.3 is 10.6 Å². The molecule has 2 heterocycles. The second kappa shape index (κ2) is 5.17. The second-order valence-corrected chi connectivity index (χ2v) is 5.85. The summed E-state index contributed by atoms with van der Waals surface area (Å²) in [7, 11) is 0. The van der Waals surface area contributed by atoms with Crippen LogP contribution in [0.25, 0.3) is 0 Å². The summed E-state index contributed by atoms with van der Waals surface area (Å²) in [5.74, 6) is -0.342. The lowest BCUT2D eigenvalue weighted by Gasteiger charge is -2.27. The predicted molar refractivity (Wildman–Crippen MR) is 80.3 cm³/mol. The summed E-state index contributed by atoms with van der Waals surface area (Å²) in [5.41, 5.74) is 6.52. The van der Waals surface area contributed by atoms with Gasteiger partial charge in [0, 0.05) is 18.0 Å². The van der Waals surface area contributed by atoms with Gasteiger partial charge in [0.05, 0.1) is 4.92 Å². The number of carbonyl (C=O) groups is 1. The first-order valence-corrected chi connectivity index (χ1v) is 7.33. The molecule has 0 atom stereocenters. The fourth-order valence-electron chi connectivity index (χ4n) is 2.53. The van der Waals surface area contributed by atoms with E-state index in [9.17, 15) is 14.9 Å². The molecule has 21 heavy (non-hydrogen) atoms. The number of anilines is 1. The van der Waals surface area contributed by atoms with Crippen molar-refractivity contribution in [2.75, 3.05) is 12.3 Å². The minimum atomic E-state index is -0.595. The smallest absolute Gasteiger partial charge is 0.304 e. The van der Waals surface area contributed by atoms with Crippen LogP contribution in [0.2, 0.25) is 0 Å². The lowest BCUT2D eigenvalue weighted by atomic mass is 10.1. The van der Waals surface area contributed by atoms with Gasteiger partial charge in [0.15, 0.2) is 0 Å². The van der Waals surface area contributed by atoms with Gasteiger partial charge in [0.25, 0.3) is 5.91 Å². The maximum atomic E-state index is 12.6. The zero-order valence-electron chi connectivity index (χ0n) is 11.1. The fraction of sp³-hybridized carbons (Fsp3) is 0.214. The molecule has 2 N–H and O–H groups in total. The van der Waals surface area contributed by atoms with Crippen molar-refractivity contribution in [3.63, 3.8) is 0 Å². The zero-order valence-corrected chi connectivity index (χ0v) is 11.9. The van der Waals surface area contributed by atoms with Crippen LogP contribution in [0.4, 0.5) is 11.4 Å². The van der Waals surface area contributed by atoms with Crippen molar-refractivity contribution in [2.45, 2.75) is 13.0 Å². The summed E-state index contributed by atoms with van der Waals surface area (Å²) in [6, 6.07) is 6.45. The van der Waals surface area contributed by atoms with Crippen LogP contribution in [-0.2, 0) is 13.0 Å². The van der Waals surface area contributed by atoms with Crippen LogP contribution >= 0.6 is 11.3 Å².